The van der Waals surface area contributed by atoms with Crippen molar-refractivity contribution in [2.24, 2.45) is 0 Å². The van der Waals surface area contributed by atoms with Gasteiger partial charge in [-0.05, 0) is 48.4 Å². The second-order valence-electron chi connectivity index (χ2n) is 5.57. The SMILES string of the molecule is COc1ccc(CNc2nc(C)c(-c3ccncc3)cc2C#N)cc1. The van der Waals surface area contributed by atoms with E-state index < -0.39 is 0 Å². The molecule has 0 bridgehead atoms. The van der Waals surface area contributed by atoms with Crippen LogP contribution in [0.5, 0.6) is 5.75 Å². The Morgan fingerprint density at radius 2 is 1.84 bits per heavy atom. The van der Waals surface area contributed by atoms with Crippen molar-refractivity contribution in [3.63, 3.8) is 0 Å². The Kier molecular flexibility index (Phi) is 4.91. The minimum absolute atomic E-state index is 0.519. The molecule has 0 aliphatic carbocycles. The standard InChI is InChI=1S/C20H18N4O/c1-14-19(16-7-9-22-10-8-16)11-17(12-21)20(24-14)23-13-15-3-5-18(25-2)6-4-15/h3-11H,13H2,1-2H3,(H,23,24). The van der Waals surface area contributed by atoms with Gasteiger partial charge in [-0.25, -0.2) is 4.98 Å². The van der Waals surface area contributed by atoms with E-state index in [1.165, 1.54) is 0 Å². The summed E-state index contributed by atoms with van der Waals surface area (Å²) in [6.07, 6.45) is 3.47. The zero-order valence-electron chi connectivity index (χ0n) is 14.2. The molecule has 1 aromatic carbocycles. The largest absolute Gasteiger partial charge is 0.497 e. The Balaban J connectivity index is 1.84. The fraction of sp³-hybridized carbons (Fsp3) is 0.150. The topological polar surface area (TPSA) is 70.8 Å². The first-order valence-electron chi connectivity index (χ1n) is 7.90. The second-order valence-corrected chi connectivity index (χ2v) is 5.57. The normalized spacial score (nSPS) is 10.1. The van der Waals surface area contributed by atoms with E-state index in [-0.39, 0.29) is 0 Å². The Morgan fingerprint density at radius 1 is 1.12 bits per heavy atom. The second kappa shape index (κ2) is 7.45. The molecule has 5 nitrogen and oxygen atoms in total. The van der Waals surface area contributed by atoms with Gasteiger partial charge in [0, 0.05) is 30.2 Å². The highest BCUT2D eigenvalue weighted by Crippen LogP contribution is 2.26. The lowest BCUT2D eigenvalue weighted by Crippen LogP contribution is -2.05. The number of hydrogen-bond acceptors (Lipinski definition) is 5. The molecule has 3 rings (SSSR count). The molecule has 0 amide bonds. The average Bonchev–Trinajstić information content (AvgIpc) is 2.67. The van der Waals surface area contributed by atoms with Crippen LogP contribution in [0.3, 0.4) is 0 Å². The molecule has 0 saturated heterocycles. The summed E-state index contributed by atoms with van der Waals surface area (Å²) in [6, 6.07) is 15.7. The molecule has 5 heteroatoms. The van der Waals surface area contributed by atoms with E-state index in [9.17, 15) is 5.26 Å². The smallest absolute Gasteiger partial charge is 0.144 e. The van der Waals surface area contributed by atoms with E-state index in [1.54, 1.807) is 19.5 Å². The third kappa shape index (κ3) is 3.75. The molecule has 0 aliphatic rings. The monoisotopic (exact) mass is 330 g/mol. The number of nitrogens with zero attached hydrogens (tertiary/aromatic N) is 3. The van der Waals surface area contributed by atoms with Crippen molar-refractivity contribution in [2.75, 3.05) is 12.4 Å². The van der Waals surface area contributed by atoms with E-state index >= 15 is 0 Å². The summed E-state index contributed by atoms with van der Waals surface area (Å²) in [5, 5.41) is 12.7. The molecule has 3 aromatic rings. The van der Waals surface area contributed by atoms with Crippen LogP contribution in [0.2, 0.25) is 0 Å². The highest BCUT2D eigenvalue weighted by Gasteiger charge is 2.10. The highest BCUT2D eigenvalue weighted by atomic mass is 16.5. The third-order valence-electron chi connectivity index (χ3n) is 3.94. The maximum atomic E-state index is 9.49. The molecule has 0 unspecified atom stereocenters. The van der Waals surface area contributed by atoms with Gasteiger partial charge in [0.05, 0.1) is 12.7 Å². The zero-order valence-corrected chi connectivity index (χ0v) is 14.2. The number of hydrogen-bond donors (Lipinski definition) is 1. The van der Waals surface area contributed by atoms with Crippen LogP contribution in [-0.2, 0) is 6.54 Å². The number of methoxy groups -OCH3 is 1. The number of aromatic nitrogens is 2. The Bertz CT molecular complexity index is 899. The van der Waals surface area contributed by atoms with Gasteiger partial charge in [-0.1, -0.05) is 12.1 Å². The van der Waals surface area contributed by atoms with Crippen LogP contribution in [0.4, 0.5) is 5.82 Å². The van der Waals surface area contributed by atoms with Gasteiger partial charge in [-0.2, -0.15) is 5.26 Å². The van der Waals surface area contributed by atoms with E-state index in [2.05, 4.69) is 21.4 Å². The van der Waals surface area contributed by atoms with Crippen molar-refractivity contribution in [1.29, 1.82) is 5.26 Å². The van der Waals surface area contributed by atoms with Crippen LogP contribution in [0, 0.1) is 18.3 Å². The number of ether oxygens (including phenoxy) is 1. The lowest BCUT2D eigenvalue weighted by molar-refractivity contribution is 0.414. The average molecular weight is 330 g/mol. The first-order chi connectivity index (χ1) is 12.2. The molecular formula is C20H18N4O. The number of pyridine rings is 2. The van der Waals surface area contributed by atoms with E-state index in [0.29, 0.717) is 17.9 Å². The van der Waals surface area contributed by atoms with Crippen molar-refractivity contribution in [3.8, 4) is 22.9 Å². The number of rotatable bonds is 5. The summed E-state index contributed by atoms with van der Waals surface area (Å²) < 4.78 is 5.16. The molecular weight excluding hydrogens is 312 g/mol. The van der Waals surface area contributed by atoms with Crippen molar-refractivity contribution in [3.05, 3.63) is 71.7 Å². The number of benzene rings is 1. The van der Waals surface area contributed by atoms with Crippen LogP contribution >= 0.6 is 0 Å². The maximum absolute atomic E-state index is 9.49. The molecule has 2 heterocycles. The lowest BCUT2D eigenvalue weighted by atomic mass is 10.0. The van der Waals surface area contributed by atoms with Gasteiger partial charge < -0.3 is 10.1 Å². The highest BCUT2D eigenvalue weighted by molar-refractivity contribution is 5.70. The first-order valence-corrected chi connectivity index (χ1v) is 7.90. The van der Waals surface area contributed by atoms with Crippen LogP contribution in [0.1, 0.15) is 16.8 Å². The predicted octanol–water partition coefficient (Wildman–Crippen LogP) is 3.94. The van der Waals surface area contributed by atoms with Crippen LogP contribution in [-0.4, -0.2) is 17.1 Å². The van der Waals surface area contributed by atoms with Crippen molar-refractivity contribution in [1.82, 2.24) is 9.97 Å². The summed E-state index contributed by atoms with van der Waals surface area (Å²) in [7, 11) is 1.64. The Labute approximate surface area is 147 Å². The first kappa shape index (κ1) is 16.5. The molecule has 0 aliphatic heterocycles. The summed E-state index contributed by atoms with van der Waals surface area (Å²) in [4.78, 5) is 8.62. The molecule has 0 spiro atoms. The lowest BCUT2D eigenvalue weighted by Gasteiger charge is -2.12. The molecule has 0 saturated carbocycles. The quantitative estimate of drug-likeness (QED) is 0.767. The fourth-order valence-corrected chi connectivity index (χ4v) is 2.58. The molecule has 0 atom stereocenters. The third-order valence-corrected chi connectivity index (χ3v) is 3.94. The minimum atomic E-state index is 0.519. The maximum Gasteiger partial charge on any atom is 0.144 e. The molecule has 2 aromatic heterocycles. The van der Waals surface area contributed by atoms with E-state index in [4.69, 9.17) is 4.74 Å². The molecule has 124 valence electrons. The van der Waals surface area contributed by atoms with Crippen molar-refractivity contribution >= 4 is 5.82 Å². The van der Waals surface area contributed by atoms with Gasteiger partial charge in [-0.15, -0.1) is 0 Å². The summed E-state index contributed by atoms with van der Waals surface area (Å²) in [5.74, 6) is 1.41. The van der Waals surface area contributed by atoms with Crippen LogP contribution in [0.25, 0.3) is 11.1 Å². The van der Waals surface area contributed by atoms with Gasteiger partial charge in [0.2, 0.25) is 0 Å². The zero-order chi connectivity index (χ0) is 17.6. The fourth-order valence-electron chi connectivity index (χ4n) is 2.58. The predicted molar refractivity (Wildman–Crippen MR) is 97.2 cm³/mol. The Hall–Kier alpha value is -3.39. The van der Waals surface area contributed by atoms with Crippen LogP contribution in [0.15, 0.2) is 54.9 Å². The molecule has 1 N–H and O–H groups in total. The molecule has 0 fully saturated rings. The number of aryl methyl sites for hydroxylation is 1. The number of nitrogens with one attached hydrogen (secondary N) is 1. The molecule has 25 heavy (non-hydrogen) atoms. The van der Waals surface area contributed by atoms with E-state index in [1.807, 2.05) is 49.4 Å². The number of anilines is 1. The summed E-state index contributed by atoms with van der Waals surface area (Å²) in [5.41, 5.74) is 4.41. The van der Waals surface area contributed by atoms with Gasteiger partial charge in [-0.3, -0.25) is 4.98 Å². The van der Waals surface area contributed by atoms with Gasteiger partial charge in [0.15, 0.2) is 0 Å². The number of nitriles is 1. The summed E-state index contributed by atoms with van der Waals surface area (Å²) in [6.45, 7) is 2.52. The van der Waals surface area contributed by atoms with Gasteiger partial charge in [0.1, 0.15) is 17.6 Å². The van der Waals surface area contributed by atoms with E-state index in [0.717, 1.165) is 28.1 Å². The minimum Gasteiger partial charge on any atom is -0.497 e. The van der Waals surface area contributed by atoms with Gasteiger partial charge >= 0.3 is 0 Å². The van der Waals surface area contributed by atoms with Crippen molar-refractivity contribution in [2.45, 2.75) is 13.5 Å². The van der Waals surface area contributed by atoms with Crippen molar-refractivity contribution < 1.29 is 4.74 Å². The van der Waals surface area contributed by atoms with Crippen LogP contribution < -0.4 is 10.1 Å². The molecule has 0 radical (unpaired) electrons. The summed E-state index contributed by atoms with van der Waals surface area (Å²) >= 11 is 0. The Morgan fingerprint density at radius 3 is 2.48 bits per heavy atom. The van der Waals surface area contributed by atoms with Gasteiger partial charge in [0.25, 0.3) is 0 Å².